The second kappa shape index (κ2) is 3.00. The fraction of sp³-hybridized carbons (Fsp3) is 1.00. The average Bonchev–Trinajstić information content (AvgIpc) is 2.61. The molecule has 2 nitrogen and oxygen atoms in total. The molecular weight excluding hydrogens is 152 g/mol. The molecule has 0 radical (unpaired) electrons. The molecule has 1 aliphatic carbocycles. The quantitative estimate of drug-likeness (QED) is 0.649. The molecule has 0 aromatic heterocycles. The van der Waals surface area contributed by atoms with Gasteiger partial charge in [-0.1, -0.05) is 6.92 Å². The summed E-state index contributed by atoms with van der Waals surface area (Å²) in [6, 6.07) is 0. The molecule has 0 aromatic rings. The van der Waals surface area contributed by atoms with Crippen LogP contribution in [0.25, 0.3) is 0 Å². The minimum absolute atomic E-state index is 0.135. The topological polar surface area (TPSA) is 29.5 Å². The van der Waals surface area contributed by atoms with Gasteiger partial charge in [-0.25, -0.2) is 0 Å². The second-order valence-electron chi connectivity index (χ2n) is 4.49. The summed E-state index contributed by atoms with van der Waals surface area (Å²) in [6.07, 6.45) is 6.09. The van der Waals surface area contributed by atoms with Gasteiger partial charge in [-0.2, -0.15) is 0 Å². The van der Waals surface area contributed by atoms with Crippen LogP contribution in [0.1, 0.15) is 39.0 Å². The molecule has 12 heavy (non-hydrogen) atoms. The molecule has 2 rings (SSSR count). The highest BCUT2D eigenvalue weighted by atomic mass is 16.5. The number of hydrogen-bond acceptors (Lipinski definition) is 2. The van der Waals surface area contributed by atoms with Gasteiger partial charge in [0.05, 0.1) is 18.3 Å². The van der Waals surface area contributed by atoms with E-state index in [9.17, 15) is 0 Å². The molecule has 1 heterocycles. The van der Waals surface area contributed by atoms with Crippen LogP contribution in [0.4, 0.5) is 0 Å². The molecule has 1 aliphatic heterocycles. The smallest absolute Gasteiger partial charge is 0.0814 e. The average molecular weight is 170 g/mol. The predicted molar refractivity (Wildman–Crippen MR) is 46.9 cm³/mol. The van der Waals surface area contributed by atoms with Crippen molar-refractivity contribution in [2.75, 3.05) is 6.61 Å². The summed E-state index contributed by atoms with van der Waals surface area (Å²) >= 11 is 0. The van der Waals surface area contributed by atoms with Crippen molar-refractivity contribution in [3.05, 3.63) is 0 Å². The Balaban J connectivity index is 1.97. The predicted octanol–water partition coefficient (Wildman–Crippen LogP) is 1.72. The van der Waals surface area contributed by atoms with Crippen LogP contribution in [0, 0.1) is 5.92 Å². The SMILES string of the molecule is C[C@@H]1CC[C@]2(CC[C@@H](CO)O2)C1. The number of aliphatic hydroxyl groups excluding tert-OH is 1. The molecule has 1 saturated heterocycles. The van der Waals surface area contributed by atoms with E-state index in [4.69, 9.17) is 9.84 Å². The van der Waals surface area contributed by atoms with Crippen molar-refractivity contribution < 1.29 is 9.84 Å². The van der Waals surface area contributed by atoms with E-state index in [2.05, 4.69) is 6.92 Å². The fourth-order valence-electron chi connectivity index (χ4n) is 2.71. The maximum absolute atomic E-state index is 8.95. The van der Waals surface area contributed by atoms with Gasteiger partial charge >= 0.3 is 0 Å². The molecule has 70 valence electrons. The molecule has 0 aromatic carbocycles. The van der Waals surface area contributed by atoms with Gasteiger partial charge in [0.15, 0.2) is 0 Å². The largest absolute Gasteiger partial charge is 0.394 e. The molecular formula is C10H18O2. The lowest BCUT2D eigenvalue weighted by atomic mass is 9.97. The Morgan fingerprint density at radius 1 is 1.42 bits per heavy atom. The summed E-state index contributed by atoms with van der Waals surface area (Å²) in [5.41, 5.74) is 0.173. The van der Waals surface area contributed by atoms with Gasteiger partial charge in [0, 0.05) is 0 Å². The van der Waals surface area contributed by atoms with E-state index < -0.39 is 0 Å². The third-order valence-corrected chi connectivity index (χ3v) is 3.36. The maximum atomic E-state index is 8.95. The summed E-state index contributed by atoms with van der Waals surface area (Å²) in [7, 11) is 0. The van der Waals surface area contributed by atoms with Crippen LogP contribution < -0.4 is 0 Å². The number of rotatable bonds is 1. The second-order valence-corrected chi connectivity index (χ2v) is 4.49. The fourth-order valence-corrected chi connectivity index (χ4v) is 2.71. The Hall–Kier alpha value is -0.0800. The Morgan fingerprint density at radius 3 is 2.67 bits per heavy atom. The number of aliphatic hydroxyl groups is 1. The van der Waals surface area contributed by atoms with Gasteiger partial charge in [-0.15, -0.1) is 0 Å². The minimum Gasteiger partial charge on any atom is -0.394 e. The van der Waals surface area contributed by atoms with Crippen molar-refractivity contribution in [3.8, 4) is 0 Å². The third-order valence-electron chi connectivity index (χ3n) is 3.36. The van der Waals surface area contributed by atoms with Gasteiger partial charge in [-0.3, -0.25) is 0 Å². The molecule has 1 N–H and O–H groups in total. The van der Waals surface area contributed by atoms with E-state index in [0.29, 0.717) is 0 Å². The van der Waals surface area contributed by atoms with E-state index in [1.807, 2.05) is 0 Å². The molecule has 2 fully saturated rings. The lowest BCUT2D eigenvalue weighted by Gasteiger charge is -2.23. The van der Waals surface area contributed by atoms with E-state index >= 15 is 0 Å². The molecule has 0 amide bonds. The van der Waals surface area contributed by atoms with Gasteiger partial charge in [-0.05, 0) is 38.0 Å². The van der Waals surface area contributed by atoms with Crippen molar-refractivity contribution in [2.45, 2.75) is 50.7 Å². The van der Waals surface area contributed by atoms with Gasteiger partial charge in [0.1, 0.15) is 0 Å². The van der Waals surface area contributed by atoms with Crippen LogP contribution in [0.5, 0.6) is 0 Å². The summed E-state index contributed by atoms with van der Waals surface area (Å²) in [6.45, 7) is 2.50. The van der Waals surface area contributed by atoms with Gasteiger partial charge in [0.25, 0.3) is 0 Å². The Labute approximate surface area is 73.9 Å². The zero-order valence-electron chi connectivity index (χ0n) is 7.75. The van der Waals surface area contributed by atoms with Gasteiger partial charge in [0.2, 0.25) is 0 Å². The van der Waals surface area contributed by atoms with Crippen LogP contribution in [-0.2, 0) is 4.74 Å². The van der Waals surface area contributed by atoms with Crippen molar-refractivity contribution >= 4 is 0 Å². The lowest BCUT2D eigenvalue weighted by Crippen LogP contribution is -2.26. The van der Waals surface area contributed by atoms with E-state index in [1.165, 1.54) is 25.7 Å². The van der Waals surface area contributed by atoms with Crippen LogP contribution in [0.3, 0.4) is 0 Å². The lowest BCUT2D eigenvalue weighted by molar-refractivity contribution is -0.0564. The van der Waals surface area contributed by atoms with Crippen molar-refractivity contribution in [3.63, 3.8) is 0 Å². The normalized spacial score (nSPS) is 47.5. The summed E-state index contributed by atoms with van der Waals surface area (Å²) in [5, 5.41) is 8.95. The molecule has 0 unspecified atom stereocenters. The van der Waals surface area contributed by atoms with Crippen LogP contribution in [-0.4, -0.2) is 23.4 Å². The summed E-state index contributed by atoms with van der Waals surface area (Å²) < 4.78 is 5.88. The van der Waals surface area contributed by atoms with Crippen LogP contribution in [0.2, 0.25) is 0 Å². The van der Waals surface area contributed by atoms with E-state index in [0.717, 1.165) is 12.3 Å². The Kier molecular flexibility index (Phi) is 2.13. The Morgan fingerprint density at radius 2 is 2.17 bits per heavy atom. The standard InChI is InChI=1S/C10H18O2/c1-8-2-4-10(6-8)5-3-9(7-11)12-10/h8-9,11H,2-7H2,1H3/t8-,9+,10+/m1/s1. The highest BCUT2D eigenvalue weighted by Gasteiger charge is 2.44. The molecule has 2 heteroatoms. The Bertz CT molecular complexity index is 169. The van der Waals surface area contributed by atoms with Crippen molar-refractivity contribution in [1.29, 1.82) is 0 Å². The molecule has 1 saturated carbocycles. The van der Waals surface area contributed by atoms with E-state index in [1.54, 1.807) is 0 Å². The third kappa shape index (κ3) is 1.38. The van der Waals surface area contributed by atoms with Gasteiger partial charge < -0.3 is 9.84 Å². The highest BCUT2D eigenvalue weighted by Crippen LogP contribution is 2.45. The maximum Gasteiger partial charge on any atom is 0.0814 e. The zero-order chi connectivity index (χ0) is 8.60. The molecule has 1 spiro atoms. The van der Waals surface area contributed by atoms with Crippen molar-refractivity contribution in [1.82, 2.24) is 0 Å². The number of hydrogen-bond donors (Lipinski definition) is 1. The summed E-state index contributed by atoms with van der Waals surface area (Å²) in [5.74, 6) is 0.822. The molecule has 0 bridgehead atoms. The van der Waals surface area contributed by atoms with E-state index in [-0.39, 0.29) is 18.3 Å². The molecule has 2 aliphatic rings. The first kappa shape index (κ1) is 8.52. The van der Waals surface area contributed by atoms with Crippen molar-refractivity contribution in [2.24, 2.45) is 5.92 Å². The van der Waals surface area contributed by atoms with Crippen LogP contribution >= 0.6 is 0 Å². The minimum atomic E-state index is 0.135. The molecule has 3 atom stereocenters. The first-order chi connectivity index (χ1) is 5.74. The summed E-state index contributed by atoms with van der Waals surface area (Å²) in [4.78, 5) is 0. The highest BCUT2D eigenvalue weighted by molar-refractivity contribution is 4.94. The monoisotopic (exact) mass is 170 g/mol. The first-order valence-corrected chi connectivity index (χ1v) is 5.03. The first-order valence-electron chi connectivity index (χ1n) is 5.03. The zero-order valence-corrected chi connectivity index (χ0v) is 7.75. The number of ether oxygens (including phenoxy) is 1. The van der Waals surface area contributed by atoms with Crippen LogP contribution in [0.15, 0.2) is 0 Å².